The minimum absolute atomic E-state index is 0.0230. The number of rotatable bonds is 3. The molecule has 0 saturated heterocycles. The van der Waals surface area contributed by atoms with E-state index in [2.05, 4.69) is 9.72 Å². The molecule has 0 aliphatic carbocycles. The predicted octanol–water partition coefficient (Wildman–Crippen LogP) is 1.69. The van der Waals surface area contributed by atoms with Crippen LogP contribution in [0.3, 0.4) is 0 Å². The second-order valence-corrected chi connectivity index (χ2v) is 3.02. The maximum absolute atomic E-state index is 12.0. The van der Waals surface area contributed by atoms with Crippen LogP contribution in [0.2, 0.25) is 0 Å². The summed E-state index contributed by atoms with van der Waals surface area (Å²) < 4.78 is 39.4. The molecule has 1 aromatic rings. The van der Waals surface area contributed by atoms with Gasteiger partial charge in [0.05, 0.1) is 6.61 Å². The lowest BCUT2D eigenvalue weighted by molar-refractivity contribution is -0.393. The second kappa shape index (κ2) is 4.53. The first-order valence-electron chi connectivity index (χ1n) is 4.26. The highest BCUT2D eigenvalue weighted by molar-refractivity contribution is 5.44. The Balaban J connectivity index is 3.29. The molecule has 0 spiro atoms. The number of nitro groups is 1. The molecule has 9 heteroatoms. The molecule has 0 fully saturated rings. The van der Waals surface area contributed by atoms with Crippen molar-refractivity contribution in [1.82, 2.24) is 4.98 Å². The van der Waals surface area contributed by atoms with E-state index < -0.39 is 29.5 Å². The van der Waals surface area contributed by atoms with Gasteiger partial charge in [-0.1, -0.05) is 0 Å². The molecule has 0 radical (unpaired) electrons. The van der Waals surface area contributed by atoms with E-state index in [9.17, 15) is 23.3 Å². The molecule has 1 rings (SSSR count). The fourth-order valence-corrected chi connectivity index (χ4v) is 1.10. The first kappa shape index (κ1) is 13.2. The normalized spacial score (nSPS) is 11.4. The predicted molar refractivity (Wildman–Crippen MR) is 48.2 cm³/mol. The number of alkyl halides is 3. The summed E-state index contributed by atoms with van der Waals surface area (Å²) in [5, 5.41) is 19.3. The van der Waals surface area contributed by atoms with E-state index in [4.69, 9.17) is 5.11 Å². The largest absolute Gasteiger partial charge is 0.573 e. The number of pyridine rings is 1. The van der Waals surface area contributed by atoms with E-state index >= 15 is 0 Å². The molecule has 0 atom stereocenters. The van der Waals surface area contributed by atoms with E-state index in [-0.39, 0.29) is 11.3 Å². The zero-order chi connectivity index (χ0) is 13.2. The number of halogens is 3. The Morgan fingerprint density at radius 2 is 2.18 bits per heavy atom. The van der Waals surface area contributed by atoms with Crippen molar-refractivity contribution in [2.24, 2.45) is 0 Å². The first-order valence-corrected chi connectivity index (χ1v) is 4.26. The van der Waals surface area contributed by atoms with Crippen molar-refractivity contribution in [3.8, 4) is 5.75 Å². The monoisotopic (exact) mass is 252 g/mol. The van der Waals surface area contributed by atoms with Crippen LogP contribution in [0, 0.1) is 17.0 Å². The highest BCUT2D eigenvalue weighted by atomic mass is 19.4. The molecule has 0 aliphatic heterocycles. The summed E-state index contributed by atoms with van der Waals surface area (Å²) in [6.45, 7) is 0.737. The van der Waals surface area contributed by atoms with Crippen molar-refractivity contribution in [2.45, 2.75) is 19.9 Å². The summed E-state index contributed by atoms with van der Waals surface area (Å²) in [5.74, 6) is -2.09. The molecule has 1 N–H and O–H groups in total. The van der Waals surface area contributed by atoms with Gasteiger partial charge in [-0.25, -0.2) is 0 Å². The van der Waals surface area contributed by atoms with Gasteiger partial charge in [-0.15, -0.1) is 13.2 Å². The minimum Gasteiger partial charge on any atom is -0.397 e. The molecule has 1 aromatic heterocycles. The van der Waals surface area contributed by atoms with Gasteiger partial charge < -0.3 is 20.0 Å². The van der Waals surface area contributed by atoms with Gasteiger partial charge in [0.2, 0.25) is 5.75 Å². The van der Waals surface area contributed by atoms with E-state index in [1.807, 2.05) is 0 Å². The fraction of sp³-hybridized carbons (Fsp3) is 0.375. The third kappa shape index (κ3) is 3.28. The van der Waals surface area contributed by atoms with Gasteiger partial charge in [0.25, 0.3) is 0 Å². The van der Waals surface area contributed by atoms with Crippen LogP contribution in [0.1, 0.15) is 11.3 Å². The Labute approximate surface area is 92.8 Å². The minimum atomic E-state index is -5.06. The molecule has 0 amide bonds. The molecule has 0 unspecified atom stereocenters. The van der Waals surface area contributed by atoms with Gasteiger partial charge >= 0.3 is 12.2 Å². The smallest absolute Gasteiger partial charge is 0.397 e. The number of ether oxygens (including phenoxy) is 1. The third-order valence-electron chi connectivity index (χ3n) is 1.83. The molecule has 0 aliphatic rings. The molecule has 0 saturated carbocycles. The van der Waals surface area contributed by atoms with Crippen LogP contribution in [-0.2, 0) is 6.61 Å². The number of aromatic nitrogens is 1. The SMILES string of the molecule is Cc1nc([N+](=O)[O-])c(OC(F)(F)F)cc1CO. The zero-order valence-corrected chi connectivity index (χ0v) is 8.48. The van der Waals surface area contributed by atoms with Crippen LogP contribution in [0.15, 0.2) is 6.07 Å². The molecule has 17 heavy (non-hydrogen) atoms. The van der Waals surface area contributed by atoms with Crippen molar-refractivity contribution >= 4 is 5.82 Å². The lowest BCUT2D eigenvalue weighted by Gasteiger charge is -2.10. The Bertz CT molecular complexity index is 447. The van der Waals surface area contributed by atoms with Crippen molar-refractivity contribution in [1.29, 1.82) is 0 Å². The molecule has 1 heterocycles. The number of aryl methyl sites for hydroxylation is 1. The summed E-state index contributed by atoms with van der Waals surface area (Å²) in [6.07, 6.45) is -5.06. The standard InChI is InChI=1S/C8H7F3N2O4/c1-4-5(3-14)2-6(17-8(9,10)11)7(12-4)13(15)16/h2,14H,3H2,1H3. The Kier molecular flexibility index (Phi) is 3.51. The van der Waals surface area contributed by atoms with Crippen molar-refractivity contribution in [2.75, 3.05) is 0 Å². The molecular formula is C8H7F3N2O4. The average Bonchev–Trinajstić information content (AvgIpc) is 2.17. The van der Waals surface area contributed by atoms with Gasteiger partial charge in [0.1, 0.15) is 0 Å². The number of aliphatic hydroxyl groups is 1. The average molecular weight is 252 g/mol. The van der Waals surface area contributed by atoms with Crippen LogP contribution in [0.4, 0.5) is 19.0 Å². The quantitative estimate of drug-likeness (QED) is 0.653. The van der Waals surface area contributed by atoms with Gasteiger partial charge in [0, 0.05) is 12.5 Å². The highest BCUT2D eigenvalue weighted by Gasteiger charge is 2.35. The van der Waals surface area contributed by atoms with E-state index in [0.29, 0.717) is 0 Å². The lowest BCUT2D eigenvalue weighted by Crippen LogP contribution is -2.18. The number of aliphatic hydroxyl groups excluding tert-OH is 1. The summed E-state index contributed by atoms with van der Waals surface area (Å²) in [5.41, 5.74) is 0.0866. The highest BCUT2D eigenvalue weighted by Crippen LogP contribution is 2.32. The Hall–Kier alpha value is -1.90. The summed E-state index contributed by atoms with van der Waals surface area (Å²) in [6, 6.07) is 0.744. The number of hydrogen-bond acceptors (Lipinski definition) is 5. The molecule has 6 nitrogen and oxygen atoms in total. The van der Waals surface area contributed by atoms with Crippen molar-refractivity contribution < 1.29 is 27.9 Å². The van der Waals surface area contributed by atoms with Gasteiger partial charge in [-0.05, 0) is 16.0 Å². The van der Waals surface area contributed by atoms with E-state index in [1.165, 1.54) is 6.92 Å². The number of nitrogens with zero attached hydrogens (tertiary/aromatic N) is 2. The number of hydrogen-bond donors (Lipinski definition) is 1. The first-order chi connectivity index (χ1) is 7.74. The third-order valence-corrected chi connectivity index (χ3v) is 1.83. The van der Waals surface area contributed by atoms with Crippen molar-refractivity contribution in [3.05, 3.63) is 27.4 Å². The summed E-state index contributed by atoms with van der Waals surface area (Å²) >= 11 is 0. The van der Waals surface area contributed by atoms with Crippen LogP contribution in [-0.4, -0.2) is 21.4 Å². The van der Waals surface area contributed by atoms with E-state index in [0.717, 1.165) is 6.07 Å². The maximum Gasteiger partial charge on any atom is 0.573 e. The van der Waals surface area contributed by atoms with Gasteiger partial charge in [-0.2, -0.15) is 0 Å². The second-order valence-electron chi connectivity index (χ2n) is 3.02. The van der Waals surface area contributed by atoms with Crippen LogP contribution in [0.5, 0.6) is 5.75 Å². The summed E-state index contributed by atoms with van der Waals surface area (Å²) in [4.78, 5) is 12.7. The molecule has 94 valence electrons. The Morgan fingerprint density at radius 1 is 1.59 bits per heavy atom. The van der Waals surface area contributed by atoms with Crippen LogP contribution in [0.25, 0.3) is 0 Å². The van der Waals surface area contributed by atoms with Gasteiger partial charge in [0.15, 0.2) is 5.69 Å². The maximum atomic E-state index is 12.0. The Morgan fingerprint density at radius 3 is 2.59 bits per heavy atom. The van der Waals surface area contributed by atoms with Crippen LogP contribution < -0.4 is 4.74 Å². The fourth-order valence-electron chi connectivity index (χ4n) is 1.10. The topological polar surface area (TPSA) is 85.5 Å². The molecule has 0 aromatic carbocycles. The lowest BCUT2D eigenvalue weighted by atomic mass is 10.2. The van der Waals surface area contributed by atoms with Gasteiger partial charge in [-0.3, -0.25) is 0 Å². The van der Waals surface area contributed by atoms with Crippen molar-refractivity contribution in [3.63, 3.8) is 0 Å². The summed E-state index contributed by atoms with van der Waals surface area (Å²) in [7, 11) is 0. The van der Waals surface area contributed by atoms with E-state index in [1.54, 1.807) is 0 Å². The molecule has 0 bridgehead atoms. The molecular weight excluding hydrogens is 245 g/mol. The zero-order valence-electron chi connectivity index (χ0n) is 8.48. The van der Waals surface area contributed by atoms with Crippen LogP contribution >= 0.6 is 0 Å².